The lowest BCUT2D eigenvalue weighted by Gasteiger charge is -2.27. The Morgan fingerprint density at radius 2 is 2.15 bits per heavy atom. The topological polar surface area (TPSA) is 80.5 Å². The molecular weight excluding hydrogens is 256 g/mol. The van der Waals surface area contributed by atoms with Crippen LogP contribution in [0.3, 0.4) is 0 Å². The minimum absolute atomic E-state index is 0.0987. The molecule has 0 radical (unpaired) electrons. The molecule has 1 fully saturated rings. The lowest BCUT2D eigenvalue weighted by atomic mass is 10.0. The van der Waals surface area contributed by atoms with Crippen LogP contribution in [0, 0.1) is 0 Å². The molecule has 0 saturated carbocycles. The quantitative estimate of drug-likeness (QED) is 0.858. The van der Waals surface area contributed by atoms with Gasteiger partial charge in [0.2, 0.25) is 5.91 Å². The number of morpholine rings is 1. The molecule has 1 aromatic rings. The molecule has 20 heavy (non-hydrogen) atoms. The number of hydrogen-bond donors (Lipinski definition) is 2. The summed E-state index contributed by atoms with van der Waals surface area (Å²) in [6.45, 7) is 6.80. The van der Waals surface area contributed by atoms with Crippen molar-refractivity contribution in [3.63, 3.8) is 0 Å². The third kappa shape index (κ3) is 4.47. The summed E-state index contributed by atoms with van der Waals surface area (Å²) in [5.41, 5.74) is 6.00. The summed E-state index contributed by atoms with van der Waals surface area (Å²) < 4.78 is 5.31. The van der Waals surface area contributed by atoms with Crippen molar-refractivity contribution >= 4 is 17.4 Å². The minimum atomic E-state index is -0.509. The molecule has 0 atom stereocenters. The van der Waals surface area contributed by atoms with Gasteiger partial charge >= 0.3 is 0 Å². The number of rotatable bonds is 4. The Hall–Kier alpha value is -1.66. The Labute approximate surface area is 119 Å². The monoisotopic (exact) mass is 278 g/mol. The maximum Gasteiger partial charge on any atom is 0.226 e. The Bertz CT molecular complexity index is 447. The van der Waals surface area contributed by atoms with Gasteiger partial charge in [-0.25, -0.2) is 4.98 Å². The second-order valence-electron chi connectivity index (χ2n) is 5.72. The molecule has 0 bridgehead atoms. The number of anilines is 2. The van der Waals surface area contributed by atoms with Crippen molar-refractivity contribution in [2.75, 3.05) is 36.5 Å². The number of aromatic nitrogens is 1. The number of carbonyl (C=O) groups is 1. The van der Waals surface area contributed by atoms with E-state index in [1.807, 2.05) is 26.0 Å². The second kappa shape index (κ2) is 6.19. The predicted octanol–water partition coefficient (Wildman–Crippen LogP) is 0.984. The van der Waals surface area contributed by atoms with Crippen LogP contribution in [-0.2, 0) is 9.53 Å². The minimum Gasteiger partial charge on any atom is -0.378 e. The molecule has 6 heteroatoms. The number of carbonyl (C=O) groups excluding carboxylic acids is 1. The van der Waals surface area contributed by atoms with Gasteiger partial charge in [0.25, 0.3) is 0 Å². The second-order valence-corrected chi connectivity index (χ2v) is 5.72. The molecule has 2 heterocycles. The van der Waals surface area contributed by atoms with Crippen LogP contribution in [0.25, 0.3) is 0 Å². The first-order chi connectivity index (χ1) is 9.44. The van der Waals surface area contributed by atoms with E-state index in [1.54, 1.807) is 6.20 Å². The summed E-state index contributed by atoms with van der Waals surface area (Å²) in [5.74, 6) is 0.809. The van der Waals surface area contributed by atoms with Crippen LogP contribution in [-0.4, -0.2) is 42.7 Å². The van der Waals surface area contributed by atoms with Crippen LogP contribution in [0.4, 0.5) is 11.5 Å². The van der Waals surface area contributed by atoms with Gasteiger partial charge in [0.15, 0.2) is 0 Å². The highest BCUT2D eigenvalue weighted by Crippen LogP contribution is 2.16. The number of nitrogens with two attached hydrogens (primary N) is 1. The lowest BCUT2D eigenvalue weighted by Crippen LogP contribution is -2.37. The molecule has 3 N–H and O–H groups in total. The number of pyridine rings is 1. The molecule has 0 aromatic carbocycles. The zero-order chi connectivity index (χ0) is 14.6. The smallest absolute Gasteiger partial charge is 0.226 e. The Balaban J connectivity index is 1.92. The van der Waals surface area contributed by atoms with E-state index in [-0.39, 0.29) is 12.3 Å². The van der Waals surface area contributed by atoms with Gasteiger partial charge in [-0.05, 0) is 26.0 Å². The summed E-state index contributed by atoms with van der Waals surface area (Å²) in [6, 6.07) is 3.77. The van der Waals surface area contributed by atoms with Gasteiger partial charge in [0, 0.05) is 25.0 Å². The number of nitrogens with one attached hydrogen (secondary N) is 1. The molecule has 0 spiro atoms. The van der Waals surface area contributed by atoms with Gasteiger partial charge in [0.1, 0.15) is 5.82 Å². The van der Waals surface area contributed by atoms with Gasteiger partial charge in [0.05, 0.1) is 25.1 Å². The highest BCUT2D eigenvalue weighted by Gasteiger charge is 2.17. The number of nitrogens with zero attached hydrogens (tertiary/aromatic N) is 2. The van der Waals surface area contributed by atoms with Gasteiger partial charge < -0.3 is 20.7 Å². The third-order valence-corrected chi connectivity index (χ3v) is 2.98. The van der Waals surface area contributed by atoms with Crippen LogP contribution in [0.5, 0.6) is 0 Å². The Kier molecular flexibility index (Phi) is 4.57. The summed E-state index contributed by atoms with van der Waals surface area (Å²) in [5, 5.41) is 2.80. The fourth-order valence-electron chi connectivity index (χ4n) is 2.06. The highest BCUT2D eigenvalue weighted by atomic mass is 16.5. The van der Waals surface area contributed by atoms with Crippen molar-refractivity contribution < 1.29 is 9.53 Å². The average molecular weight is 278 g/mol. The summed E-state index contributed by atoms with van der Waals surface area (Å²) in [4.78, 5) is 18.3. The van der Waals surface area contributed by atoms with E-state index in [4.69, 9.17) is 10.5 Å². The van der Waals surface area contributed by atoms with Crippen molar-refractivity contribution in [3.05, 3.63) is 18.3 Å². The molecule has 1 amide bonds. The number of ether oxygens (including phenoxy) is 1. The van der Waals surface area contributed by atoms with Crippen molar-refractivity contribution in [2.24, 2.45) is 5.73 Å². The lowest BCUT2D eigenvalue weighted by molar-refractivity contribution is -0.117. The standard InChI is InChI=1S/C14H22N4O2/c1-14(2,15)9-13(19)17-11-3-4-12(16-10-11)18-5-7-20-8-6-18/h3-4,10H,5-9,15H2,1-2H3,(H,17,19). The van der Waals surface area contributed by atoms with E-state index in [1.165, 1.54) is 0 Å². The number of hydrogen-bond acceptors (Lipinski definition) is 5. The molecular formula is C14H22N4O2. The van der Waals surface area contributed by atoms with Gasteiger partial charge in [-0.15, -0.1) is 0 Å². The molecule has 110 valence electrons. The van der Waals surface area contributed by atoms with Crippen molar-refractivity contribution in [1.29, 1.82) is 0 Å². The maximum absolute atomic E-state index is 11.8. The fraction of sp³-hybridized carbons (Fsp3) is 0.571. The first kappa shape index (κ1) is 14.7. The largest absolute Gasteiger partial charge is 0.378 e. The van der Waals surface area contributed by atoms with E-state index >= 15 is 0 Å². The van der Waals surface area contributed by atoms with Crippen molar-refractivity contribution in [2.45, 2.75) is 25.8 Å². The fourth-order valence-corrected chi connectivity index (χ4v) is 2.06. The summed E-state index contributed by atoms with van der Waals surface area (Å²) >= 11 is 0. The summed E-state index contributed by atoms with van der Waals surface area (Å²) in [7, 11) is 0. The zero-order valence-electron chi connectivity index (χ0n) is 12.1. The van der Waals surface area contributed by atoms with Crippen LogP contribution in [0.15, 0.2) is 18.3 Å². The highest BCUT2D eigenvalue weighted by molar-refractivity contribution is 5.91. The molecule has 6 nitrogen and oxygen atoms in total. The van der Waals surface area contributed by atoms with E-state index in [9.17, 15) is 4.79 Å². The maximum atomic E-state index is 11.8. The Morgan fingerprint density at radius 3 is 2.70 bits per heavy atom. The molecule has 0 aliphatic carbocycles. The molecule has 1 aliphatic heterocycles. The van der Waals surface area contributed by atoms with Gasteiger partial charge in [-0.1, -0.05) is 0 Å². The van der Waals surface area contributed by atoms with Crippen molar-refractivity contribution in [1.82, 2.24) is 4.98 Å². The van der Waals surface area contributed by atoms with Crippen LogP contribution >= 0.6 is 0 Å². The predicted molar refractivity (Wildman–Crippen MR) is 78.8 cm³/mol. The molecule has 0 unspecified atom stereocenters. The van der Waals surface area contributed by atoms with E-state index < -0.39 is 5.54 Å². The summed E-state index contributed by atoms with van der Waals surface area (Å²) in [6.07, 6.45) is 1.95. The first-order valence-electron chi connectivity index (χ1n) is 6.81. The van der Waals surface area contributed by atoms with Crippen LogP contribution in [0.2, 0.25) is 0 Å². The Morgan fingerprint density at radius 1 is 1.45 bits per heavy atom. The van der Waals surface area contributed by atoms with Gasteiger partial charge in [-0.3, -0.25) is 4.79 Å². The third-order valence-electron chi connectivity index (χ3n) is 2.98. The van der Waals surface area contributed by atoms with Crippen LogP contribution in [0.1, 0.15) is 20.3 Å². The van der Waals surface area contributed by atoms with Crippen molar-refractivity contribution in [3.8, 4) is 0 Å². The van der Waals surface area contributed by atoms with E-state index in [0.717, 1.165) is 32.1 Å². The molecule has 1 aliphatic rings. The molecule has 1 aromatic heterocycles. The van der Waals surface area contributed by atoms with Crippen LogP contribution < -0.4 is 16.0 Å². The van der Waals surface area contributed by atoms with Gasteiger partial charge in [-0.2, -0.15) is 0 Å². The van der Waals surface area contributed by atoms with E-state index in [2.05, 4.69) is 15.2 Å². The average Bonchev–Trinajstić information content (AvgIpc) is 2.38. The normalized spacial score (nSPS) is 16.1. The molecule has 1 saturated heterocycles. The number of amides is 1. The zero-order valence-corrected chi connectivity index (χ0v) is 12.1. The SMILES string of the molecule is CC(C)(N)CC(=O)Nc1ccc(N2CCOCC2)nc1. The van der Waals surface area contributed by atoms with E-state index in [0.29, 0.717) is 5.69 Å². The first-order valence-corrected chi connectivity index (χ1v) is 6.81. The molecule has 2 rings (SSSR count).